The number of nitrogens with zero attached hydrogens (tertiary/aromatic N) is 1. The standard InChI is InChI=1S/C16H24FN3O/c1-20(14-8-6-13(18)7-9-14)11-16(21)19-10-12-4-2-3-5-15(12)17/h2-5,13-14H,6-11,18H2,1H3,(H,19,21). The summed E-state index contributed by atoms with van der Waals surface area (Å²) in [6.45, 7) is 0.573. The Morgan fingerprint density at radius 2 is 2.00 bits per heavy atom. The van der Waals surface area contributed by atoms with Crippen molar-refractivity contribution in [1.29, 1.82) is 0 Å². The predicted molar refractivity (Wildman–Crippen MR) is 81.1 cm³/mol. The van der Waals surface area contributed by atoms with Crippen molar-refractivity contribution in [3.8, 4) is 0 Å². The average molecular weight is 293 g/mol. The molecule has 116 valence electrons. The molecule has 0 unspecified atom stereocenters. The zero-order valence-corrected chi connectivity index (χ0v) is 12.5. The number of benzene rings is 1. The van der Waals surface area contributed by atoms with Crippen LogP contribution in [0.25, 0.3) is 0 Å². The smallest absolute Gasteiger partial charge is 0.234 e. The van der Waals surface area contributed by atoms with Gasteiger partial charge in [0.15, 0.2) is 0 Å². The van der Waals surface area contributed by atoms with Gasteiger partial charge in [0, 0.05) is 24.2 Å². The van der Waals surface area contributed by atoms with E-state index in [1.807, 2.05) is 7.05 Å². The molecule has 2 rings (SSSR count). The zero-order chi connectivity index (χ0) is 15.2. The Bertz CT molecular complexity index is 472. The molecule has 1 aromatic carbocycles. The van der Waals surface area contributed by atoms with Gasteiger partial charge < -0.3 is 11.1 Å². The first-order chi connectivity index (χ1) is 10.1. The van der Waals surface area contributed by atoms with Crippen molar-refractivity contribution >= 4 is 5.91 Å². The predicted octanol–water partition coefficient (Wildman–Crippen LogP) is 1.64. The monoisotopic (exact) mass is 293 g/mol. The molecule has 0 saturated heterocycles. The summed E-state index contributed by atoms with van der Waals surface area (Å²) in [6.07, 6.45) is 4.12. The van der Waals surface area contributed by atoms with E-state index in [4.69, 9.17) is 5.73 Å². The van der Waals surface area contributed by atoms with Crippen molar-refractivity contribution < 1.29 is 9.18 Å². The molecule has 21 heavy (non-hydrogen) atoms. The van der Waals surface area contributed by atoms with Crippen LogP contribution in [0.15, 0.2) is 24.3 Å². The van der Waals surface area contributed by atoms with Gasteiger partial charge in [0.1, 0.15) is 5.82 Å². The van der Waals surface area contributed by atoms with Crippen LogP contribution in [0.1, 0.15) is 31.2 Å². The summed E-state index contributed by atoms with van der Waals surface area (Å²) in [5, 5.41) is 2.77. The lowest BCUT2D eigenvalue weighted by Crippen LogP contribution is -2.43. The third-order valence-electron chi connectivity index (χ3n) is 4.19. The molecule has 1 amide bonds. The van der Waals surface area contributed by atoms with Gasteiger partial charge in [-0.05, 0) is 38.8 Å². The number of hydrogen-bond acceptors (Lipinski definition) is 3. The molecule has 0 bridgehead atoms. The number of likely N-dealkylation sites (N-methyl/N-ethyl adjacent to an activating group) is 1. The number of nitrogens with two attached hydrogens (primary N) is 1. The average Bonchev–Trinajstić information content (AvgIpc) is 2.47. The lowest BCUT2D eigenvalue weighted by Gasteiger charge is -2.33. The second kappa shape index (κ2) is 7.52. The number of nitrogens with one attached hydrogen (secondary N) is 1. The highest BCUT2D eigenvalue weighted by atomic mass is 19.1. The number of hydrogen-bond donors (Lipinski definition) is 2. The minimum atomic E-state index is -0.285. The first kappa shape index (κ1) is 15.9. The largest absolute Gasteiger partial charge is 0.351 e. The van der Waals surface area contributed by atoms with Crippen LogP contribution in [0, 0.1) is 5.82 Å². The SMILES string of the molecule is CN(CC(=O)NCc1ccccc1F)C1CCC(N)CC1. The summed E-state index contributed by atoms with van der Waals surface area (Å²) in [7, 11) is 1.96. The second-order valence-corrected chi connectivity index (χ2v) is 5.85. The van der Waals surface area contributed by atoms with Gasteiger partial charge in [0.05, 0.1) is 6.54 Å². The fourth-order valence-corrected chi connectivity index (χ4v) is 2.79. The van der Waals surface area contributed by atoms with Crippen molar-refractivity contribution in [3.63, 3.8) is 0 Å². The molecule has 0 spiro atoms. The van der Waals surface area contributed by atoms with Gasteiger partial charge in [0.2, 0.25) is 5.91 Å². The Morgan fingerprint density at radius 3 is 2.67 bits per heavy atom. The Labute approximate surface area is 125 Å². The molecule has 0 radical (unpaired) electrons. The van der Waals surface area contributed by atoms with E-state index in [0.29, 0.717) is 24.2 Å². The Balaban J connectivity index is 1.75. The van der Waals surface area contributed by atoms with Gasteiger partial charge in [0.25, 0.3) is 0 Å². The van der Waals surface area contributed by atoms with E-state index in [-0.39, 0.29) is 18.3 Å². The Kier molecular flexibility index (Phi) is 5.70. The summed E-state index contributed by atoms with van der Waals surface area (Å²) in [5.41, 5.74) is 6.40. The van der Waals surface area contributed by atoms with Gasteiger partial charge in [-0.3, -0.25) is 9.69 Å². The zero-order valence-electron chi connectivity index (χ0n) is 12.5. The third-order valence-corrected chi connectivity index (χ3v) is 4.19. The summed E-state index contributed by atoms with van der Waals surface area (Å²) in [4.78, 5) is 14.0. The number of carbonyl (C=O) groups excluding carboxylic acids is 1. The van der Waals surface area contributed by atoms with Gasteiger partial charge in [-0.2, -0.15) is 0 Å². The normalized spacial score (nSPS) is 22.3. The highest BCUT2D eigenvalue weighted by molar-refractivity contribution is 5.78. The van der Waals surface area contributed by atoms with Crippen LogP contribution in [-0.2, 0) is 11.3 Å². The molecule has 1 aliphatic carbocycles. The highest BCUT2D eigenvalue weighted by Gasteiger charge is 2.23. The van der Waals surface area contributed by atoms with Crippen molar-refractivity contribution in [2.75, 3.05) is 13.6 Å². The van der Waals surface area contributed by atoms with Gasteiger partial charge in [-0.25, -0.2) is 4.39 Å². The van der Waals surface area contributed by atoms with Crippen LogP contribution in [0.3, 0.4) is 0 Å². The van der Waals surface area contributed by atoms with Crippen molar-refractivity contribution in [2.45, 2.75) is 44.3 Å². The lowest BCUT2D eigenvalue weighted by atomic mass is 9.91. The maximum atomic E-state index is 13.5. The van der Waals surface area contributed by atoms with E-state index >= 15 is 0 Å². The molecular weight excluding hydrogens is 269 g/mol. The fraction of sp³-hybridized carbons (Fsp3) is 0.562. The van der Waals surface area contributed by atoms with Gasteiger partial charge in [-0.15, -0.1) is 0 Å². The number of carbonyl (C=O) groups is 1. The molecule has 1 aliphatic rings. The molecule has 0 atom stereocenters. The van der Waals surface area contributed by atoms with Crippen LogP contribution >= 0.6 is 0 Å². The molecule has 1 fully saturated rings. The van der Waals surface area contributed by atoms with E-state index < -0.39 is 0 Å². The number of rotatable bonds is 5. The molecular formula is C16H24FN3O. The maximum absolute atomic E-state index is 13.5. The quantitative estimate of drug-likeness (QED) is 0.868. The first-order valence-corrected chi connectivity index (χ1v) is 7.52. The molecule has 1 aromatic rings. The van der Waals surface area contributed by atoms with Crippen molar-refractivity contribution in [1.82, 2.24) is 10.2 Å². The first-order valence-electron chi connectivity index (χ1n) is 7.52. The van der Waals surface area contributed by atoms with Crippen LogP contribution in [0.5, 0.6) is 0 Å². The molecule has 0 heterocycles. The molecule has 5 heteroatoms. The fourth-order valence-electron chi connectivity index (χ4n) is 2.79. The maximum Gasteiger partial charge on any atom is 0.234 e. The minimum absolute atomic E-state index is 0.0735. The van der Waals surface area contributed by atoms with Crippen LogP contribution in [0.2, 0.25) is 0 Å². The molecule has 3 N–H and O–H groups in total. The number of amides is 1. The van der Waals surface area contributed by atoms with Gasteiger partial charge >= 0.3 is 0 Å². The van der Waals surface area contributed by atoms with Crippen LogP contribution < -0.4 is 11.1 Å². The summed E-state index contributed by atoms with van der Waals surface area (Å²) in [6, 6.07) is 7.22. The molecule has 1 saturated carbocycles. The minimum Gasteiger partial charge on any atom is -0.351 e. The Hall–Kier alpha value is -1.46. The number of halogens is 1. The lowest BCUT2D eigenvalue weighted by molar-refractivity contribution is -0.122. The molecule has 0 aromatic heterocycles. The van der Waals surface area contributed by atoms with E-state index in [1.54, 1.807) is 18.2 Å². The third kappa shape index (κ3) is 4.79. The summed E-state index contributed by atoms with van der Waals surface area (Å²) in [5.74, 6) is -0.358. The van der Waals surface area contributed by atoms with Crippen molar-refractivity contribution in [2.24, 2.45) is 5.73 Å². The van der Waals surface area contributed by atoms with E-state index in [1.165, 1.54) is 6.07 Å². The Morgan fingerprint density at radius 1 is 1.33 bits per heavy atom. The molecule has 4 nitrogen and oxygen atoms in total. The summed E-state index contributed by atoms with van der Waals surface area (Å²) < 4.78 is 13.5. The van der Waals surface area contributed by atoms with E-state index in [0.717, 1.165) is 25.7 Å². The van der Waals surface area contributed by atoms with Crippen molar-refractivity contribution in [3.05, 3.63) is 35.6 Å². The van der Waals surface area contributed by atoms with Gasteiger partial charge in [-0.1, -0.05) is 18.2 Å². The summed E-state index contributed by atoms with van der Waals surface area (Å²) >= 11 is 0. The van der Waals surface area contributed by atoms with E-state index in [9.17, 15) is 9.18 Å². The topological polar surface area (TPSA) is 58.4 Å². The highest BCUT2D eigenvalue weighted by Crippen LogP contribution is 2.20. The van der Waals surface area contributed by atoms with Crippen LogP contribution in [-0.4, -0.2) is 36.5 Å². The molecule has 0 aliphatic heterocycles. The second-order valence-electron chi connectivity index (χ2n) is 5.85. The van der Waals surface area contributed by atoms with E-state index in [2.05, 4.69) is 10.2 Å². The van der Waals surface area contributed by atoms with Crippen LogP contribution in [0.4, 0.5) is 4.39 Å².